The van der Waals surface area contributed by atoms with Gasteiger partial charge in [-0.2, -0.15) is 0 Å². The zero-order valence-electron chi connectivity index (χ0n) is 12.6. The monoisotopic (exact) mass is 253 g/mol. The SMILES string of the molecule is CCCCCCCCCCCCCCCCO.[B]. The molecule has 0 aliphatic rings. The Bertz CT molecular complexity index is 114. The molecule has 2 heteroatoms. The number of aliphatic hydroxyl groups excluding tert-OH is 1. The summed E-state index contributed by atoms with van der Waals surface area (Å²) in [6.45, 7) is 2.65. The molecule has 0 saturated carbocycles. The Hall–Kier alpha value is 0.0249. The fourth-order valence-corrected chi connectivity index (χ4v) is 2.31. The summed E-state index contributed by atoms with van der Waals surface area (Å²) in [4.78, 5) is 0. The molecule has 107 valence electrons. The minimum Gasteiger partial charge on any atom is -0.396 e. The van der Waals surface area contributed by atoms with Crippen molar-refractivity contribution in [1.82, 2.24) is 0 Å². The van der Waals surface area contributed by atoms with E-state index in [9.17, 15) is 0 Å². The van der Waals surface area contributed by atoms with Crippen LogP contribution in [0.25, 0.3) is 0 Å². The molecule has 0 heterocycles. The number of hydrogen-bond acceptors (Lipinski definition) is 1. The van der Waals surface area contributed by atoms with Gasteiger partial charge in [-0.3, -0.25) is 0 Å². The Morgan fingerprint density at radius 2 is 0.778 bits per heavy atom. The largest absolute Gasteiger partial charge is 0.396 e. The van der Waals surface area contributed by atoms with Crippen molar-refractivity contribution in [3.05, 3.63) is 0 Å². The lowest BCUT2D eigenvalue weighted by molar-refractivity contribution is 0.282. The van der Waals surface area contributed by atoms with Crippen LogP contribution in [0.4, 0.5) is 0 Å². The normalized spacial score (nSPS) is 10.3. The predicted molar refractivity (Wildman–Crippen MR) is 83.2 cm³/mol. The van der Waals surface area contributed by atoms with E-state index in [-0.39, 0.29) is 8.41 Å². The second-order valence-corrected chi connectivity index (χ2v) is 5.32. The van der Waals surface area contributed by atoms with Gasteiger partial charge >= 0.3 is 0 Å². The van der Waals surface area contributed by atoms with Gasteiger partial charge in [-0.05, 0) is 6.42 Å². The van der Waals surface area contributed by atoms with Crippen molar-refractivity contribution in [2.24, 2.45) is 0 Å². The highest BCUT2D eigenvalue weighted by Crippen LogP contribution is 2.12. The second kappa shape index (κ2) is 19.4. The average Bonchev–Trinajstić information content (AvgIpc) is 2.35. The van der Waals surface area contributed by atoms with E-state index in [2.05, 4.69) is 6.92 Å². The van der Waals surface area contributed by atoms with Crippen molar-refractivity contribution in [3.8, 4) is 0 Å². The highest BCUT2D eigenvalue weighted by Gasteiger charge is 1.93. The van der Waals surface area contributed by atoms with Gasteiger partial charge in [0.2, 0.25) is 0 Å². The lowest BCUT2D eigenvalue weighted by atomic mass is 10.0. The Morgan fingerprint density at radius 3 is 1.06 bits per heavy atom. The van der Waals surface area contributed by atoms with Crippen LogP contribution in [0.1, 0.15) is 96.8 Å². The lowest BCUT2D eigenvalue weighted by Crippen LogP contribution is -1.84. The van der Waals surface area contributed by atoms with Gasteiger partial charge in [0, 0.05) is 15.0 Å². The summed E-state index contributed by atoms with van der Waals surface area (Å²) >= 11 is 0. The van der Waals surface area contributed by atoms with Gasteiger partial charge in [0.15, 0.2) is 0 Å². The molecule has 0 fully saturated rings. The molecule has 18 heavy (non-hydrogen) atoms. The smallest absolute Gasteiger partial charge is 0.0431 e. The number of aliphatic hydroxyl groups is 1. The van der Waals surface area contributed by atoms with E-state index in [0.717, 1.165) is 6.42 Å². The minimum absolute atomic E-state index is 0. The van der Waals surface area contributed by atoms with E-state index in [1.54, 1.807) is 0 Å². The Morgan fingerprint density at radius 1 is 0.500 bits per heavy atom. The van der Waals surface area contributed by atoms with Crippen LogP contribution < -0.4 is 0 Å². The third kappa shape index (κ3) is 18.4. The number of rotatable bonds is 14. The standard InChI is InChI=1S/C16H34O.B/c1-2-3-4-5-6-7-8-9-10-11-12-13-14-15-16-17;/h17H,2-16H2,1H3;. The number of unbranched alkanes of at least 4 members (excludes halogenated alkanes) is 13. The fourth-order valence-electron chi connectivity index (χ4n) is 2.31. The summed E-state index contributed by atoms with van der Waals surface area (Å²) < 4.78 is 0. The van der Waals surface area contributed by atoms with Crippen LogP contribution >= 0.6 is 0 Å². The van der Waals surface area contributed by atoms with E-state index in [0.29, 0.717) is 6.61 Å². The summed E-state index contributed by atoms with van der Waals surface area (Å²) in [6.07, 6.45) is 19.2. The van der Waals surface area contributed by atoms with Gasteiger partial charge in [0.05, 0.1) is 0 Å². The van der Waals surface area contributed by atoms with Crippen LogP contribution in [-0.2, 0) is 0 Å². The Labute approximate surface area is 117 Å². The first kappa shape index (κ1) is 20.3. The molecule has 0 amide bonds. The maximum Gasteiger partial charge on any atom is 0.0431 e. The first-order valence-electron chi connectivity index (χ1n) is 8.02. The third-order valence-electron chi connectivity index (χ3n) is 3.51. The summed E-state index contributed by atoms with van der Waals surface area (Å²) in [7, 11) is 0. The summed E-state index contributed by atoms with van der Waals surface area (Å²) in [6, 6.07) is 0. The van der Waals surface area contributed by atoms with Crippen LogP contribution in [0.5, 0.6) is 0 Å². The highest BCUT2D eigenvalue weighted by molar-refractivity contribution is 5.75. The number of hydrogen-bond donors (Lipinski definition) is 1. The maximum atomic E-state index is 8.64. The summed E-state index contributed by atoms with van der Waals surface area (Å²) in [5, 5.41) is 8.64. The molecule has 0 unspecified atom stereocenters. The first-order valence-corrected chi connectivity index (χ1v) is 8.02. The predicted octanol–water partition coefficient (Wildman–Crippen LogP) is 5.08. The molecule has 0 aliphatic carbocycles. The molecule has 0 aromatic rings. The quantitative estimate of drug-likeness (QED) is 0.338. The molecule has 0 rings (SSSR count). The van der Waals surface area contributed by atoms with Gasteiger partial charge in [-0.1, -0.05) is 90.4 Å². The lowest BCUT2D eigenvalue weighted by Gasteiger charge is -2.02. The molecule has 0 aromatic carbocycles. The highest BCUT2D eigenvalue weighted by atomic mass is 16.2. The van der Waals surface area contributed by atoms with E-state index in [1.165, 1.54) is 83.5 Å². The van der Waals surface area contributed by atoms with Crippen molar-refractivity contribution in [2.45, 2.75) is 96.8 Å². The van der Waals surface area contributed by atoms with Crippen molar-refractivity contribution in [2.75, 3.05) is 6.61 Å². The molecule has 0 saturated heterocycles. The van der Waals surface area contributed by atoms with Crippen molar-refractivity contribution in [1.29, 1.82) is 0 Å². The fraction of sp³-hybridized carbons (Fsp3) is 1.00. The second-order valence-electron chi connectivity index (χ2n) is 5.32. The van der Waals surface area contributed by atoms with E-state index < -0.39 is 0 Å². The van der Waals surface area contributed by atoms with Crippen LogP contribution in [0.3, 0.4) is 0 Å². The van der Waals surface area contributed by atoms with Crippen molar-refractivity contribution >= 4 is 8.41 Å². The van der Waals surface area contributed by atoms with Crippen molar-refractivity contribution in [3.63, 3.8) is 0 Å². The van der Waals surface area contributed by atoms with Gasteiger partial charge in [-0.25, -0.2) is 0 Å². The van der Waals surface area contributed by atoms with E-state index >= 15 is 0 Å². The Balaban J connectivity index is 0. The van der Waals surface area contributed by atoms with Crippen LogP contribution in [-0.4, -0.2) is 20.1 Å². The minimum atomic E-state index is 0. The topological polar surface area (TPSA) is 20.2 Å². The molecule has 3 radical (unpaired) electrons. The van der Waals surface area contributed by atoms with Crippen LogP contribution in [0, 0.1) is 0 Å². The molecule has 0 spiro atoms. The molecule has 1 N–H and O–H groups in total. The summed E-state index contributed by atoms with van der Waals surface area (Å²) in [5.74, 6) is 0. The maximum absolute atomic E-state index is 8.64. The molecular formula is C16H34BO. The molecule has 0 aromatic heterocycles. The van der Waals surface area contributed by atoms with Gasteiger partial charge in [0.25, 0.3) is 0 Å². The van der Waals surface area contributed by atoms with Gasteiger partial charge in [0.1, 0.15) is 0 Å². The van der Waals surface area contributed by atoms with Crippen LogP contribution in [0.2, 0.25) is 0 Å². The van der Waals surface area contributed by atoms with Gasteiger partial charge in [-0.15, -0.1) is 0 Å². The van der Waals surface area contributed by atoms with Crippen LogP contribution in [0.15, 0.2) is 0 Å². The summed E-state index contributed by atoms with van der Waals surface area (Å²) in [5.41, 5.74) is 0. The van der Waals surface area contributed by atoms with E-state index in [4.69, 9.17) is 5.11 Å². The first-order chi connectivity index (χ1) is 8.41. The zero-order chi connectivity index (χ0) is 12.6. The van der Waals surface area contributed by atoms with Gasteiger partial charge < -0.3 is 5.11 Å². The molecule has 0 aliphatic heterocycles. The average molecular weight is 253 g/mol. The third-order valence-corrected chi connectivity index (χ3v) is 3.51. The molecule has 1 nitrogen and oxygen atoms in total. The van der Waals surface area contributed by atoms with Crippen molar-refractivity contribution < 1.29 is 5.11 Å². The zero-order valence-corrected chi connectivity index (χ0v) is 12.6. The molecule has 0 bridgehead atoms. The Kier molecular flexibility index (Phi) is 21.9. The van der Waals surface area contributed by atoms with E-state index in [1.807, 2.05) is 0 Å². The molecular weight excluding hydrogens is 219 g/mol. The molecule has 0 atom stereocenters.